The minimum atomic E-state index is -1.95. The Morgan fingerprint density at radius 3 is 2.14 bits per heavy atom. The molecule has 0 aliphatic rings. The second-order valence-corrected chi connectivity index (χ2v) is 4.28. The van der Waals surface area contributed by atoms with Gasteiger partial charge < -0.3 is 40.8 Å². The fourth-order valence-corrected chi connectivity index (χ4v) is 1.60. The molecule has 0 heterocycles. The summed E-state index contributed by atoms with van der Waals surface area (Å²) in [7, 11) is 0. The molecular formula is C11H19NO9. The summed E-state index contributed by atoms with van der Waals surface area (Å²) in [6, 6.07) is -1.59. The monoisotopic (exact) mass is 310 g/mol. The Balaban J connectivity index is 5.04. The normalized spacial score (nSPS) is 19.0. The van der Waals surface area contributed by atoms with Crippen LogP contribution in [0.1, 0.15) is 7.79 Å². The summed E-state index contributed by atoms with van der Waals surface area (Å²) in [4.78, 5) is 32.1. The molecule has 0 aromatic carbocycles. The lowest BCUT2D eigenvalue weighted by Gasteiger charge is -2.32. The average Bonchev–Trinajstić information content (AvgIpc) is 2.44. The summed E-state index contributed by atoms with van der Waals surface area (Å²) >= 11 is 0. The third-order valence-corrected chi connectivity index (χ3v) is 2.76. The number of aliphatic hydroxyl groups excluding tert-OH is 5. The largest absolute Gasteiger partial charge is 0.475 e. The Bertz CT molecular complexity index is 405. The molecule has 0 aromatic rings. The summed E-state index contributed by atoms with van der Waals surface area (Å²) in [6.07, 6.45) is -9.55. The highest BCUT2D eigenvalue weighted by Gasteiger charge is 2.36. The van der Waals surface area contributed by atoms with Gasteiger partial charge in [0, 0.05) is 6.42 Å². The zero-order valence-corrected chi connectivity index (χ0v) is 10.9. The molecule has 0 amide bonds. The highest BCUT2D eigenvalue weighted by molar-refractivity contribution is 6.32. The van der Waals surface area contributed by atoms with Gasteiger partial charge in [-0.25, -0.2) is 4.79 Å². The number of Topliss-reactive ketones (excluding diaryl/α,β-unsaturated/α-hetero) is 1. The molecule has 0 bridgehead atoms. The quantitative estimate of drug-likeness (QED) is 0.145. The topological polar surface area (TPSA) is 185 Å². The lowest BCUT2D eigenvalue weighted by atomic mass is 9.94. The molecule has 0 radical (unpaired) electrons. The van der Waals surface area contributed by atoms with Crippen LogP contribution in [0.4, 0.5) is 0 Å². The number of carboxylic acids is 1. The number of carbonyl (C=O) groups excluding carboxylic acids is 2. The fraction of sp³-hybridized carbons (Fsp3) is 0.727. The van der Waals surface area contributed by atoms with E-state index in [-0.39, 0.29) is 0 Å². The standard InChI is InChI=1S/C11H19NO9/c13-2-1-12-8(5(15)3-6(16)11(20)21)10(19)9(18)7(17)4-14/h2,5,7-10,12,14-15,17-19H,1,3-4H2,(H,20,21)/t5-,7+,8+,9+,10+/m0/s1/i2D. The first kappa shape index (κ1) is 17.6. The SMILES string of the molecule is [2H]C(=O)CN[C@@H]([C@@H](O)[C@H](O)[C@H](O)CO)[C@@H](O)CC(=O)C(=O)O. The number of nitrogens with one attached hydrogen (secondary N) is 1. The van der Waals surface area contributed by atoms with E-state index in [0.717, 1.165) is 0 Å². The van der Waals surface area contributed by atoms with Crippen molar-refractivity contribution in [3.05, 3.63) is 0 Å². The summed E-state index contributed by atoms with van der Waals surface area (Å²) < 4.78 is 6.71. The zero-order chi connectivity index (χ0) is 17.4. The summed E-state index contributed by atoms with van der Waals surface area (Å²) in [5.41, 5.74) is 0. The average molecular weight is 310 g/mol. The van der Waals surface area contributed by atoms with Gasteiger partial charge in [-0.1, -0.05) is 0 Å². The molecule has 0 fully saturated rings. The molecule has 7 N–H and O–H groups in total. The van der Waals surface area contributed by atoms with Crippen LogP contribution in [0.25, 0.3) is 0 Å². The van der Waals surface area contributed by atoms with Crippen molar-refractivity contribution in [3.63, 3.8) is 0 Å². The Kier molecular flexibility index (Phi) is 7.97. The van der Waals surface area contributed by atoms with Gasteiger partial charge in [0.1, 0.15) is 25.9 Å². The second-order valence-electron chi connectivity index (χ2n) is 4.28. The molecule has 0 rings (SSSR count). The van der Waals surface area contributed by atoms with E-state index in [1.807, 2.05) is 0 Å². The van der Waals surface area contributed by atoms with Gasteiger partial charge in [0.25, 0.3) is 0 Å². The Hall–Kier alpha value is -1.43. The van der Waals surface area contributed by atoms with Crippen molar-refractivity contribution in [2.75, 3.05) is 13.2 Å². The molecule has 10 heteroatoms. The molecule has 0 unspecified atom stereocenters. The van der Waals surface area contributed by atoms with Crippen LogP contribution in [0.2, 0.25) is 0 Å². The van der Waals surface area contributed by atoms with Crippen LogP contribution in [-0.2, 0) is 14.4 Å². The lowest BCUT2D eigenvalue weighted by Crippen LogP contribution is -2.57. The van der Waals surface area contributed by atoms with Gasteiger partial charge in [-0.15, -0.1) is 0 Å². The van der Waals surface area contributed by atoms with Crippen LogP contribution in [0.15, 0.2) is 0 Å². The number of ketones is 1. The van der Waals surface area contributed by atoms with Gasteiger partial charge in [0.15, 0.2) is 0 Å². The summed E-state index contributed by atoms with van der Waals surface area (Å²) in [6.45, 7) is -1.57. The minimum absolute atomic E-state index is 0.665. The molecule has 0 aliphatic carbocycles. The molecule has 0 saturated heterocycles. The summed E-state index contributed by atoms with van der Waals surface area (Å²) in [5, 5.41) is 57.8. The lowest BCUT2D eigenvalue weighted by molar-refractivity contribution is -0.151. The Morgan fingerprint density at radius 2 is 1.71 bits per heavy atom. The van der Waals surface area contributed by atoms with E-state index >= 15 is 0 Å². The van der Waals surface area contributed by atoms with E-state index in [4.69, 9.17) is 11.6 Å². The minimum Gasteiger partial charge on any atom is -0.475 e. The van der Waals surface area contributed by atoms with E-state index in [2.05, 4.69) is 5.32 Å². The highest BCUT2D eigenvalue weighted by Crippen LogP contribution is 2.11. The number of aliphatic hydroxyl groups is 5. The first-order valence-electron chi connectivity index (χ1n) is 6.43. The van der Waals surface area contributed by atoms with Gasteiger partial charge in [0.2, 0.25) is 5.78 Å². The van der Waals surface area contributed by atoms with Gasteiger partial charge in [-0.05, 0) is 0 Å². The van der Waals surface area contributed by atoms with Crippen molar-refractivity contribution in [1.29, 1.82) is 0 Å². The van der Waals surface area contributed by atoms with Crippen LogP contribution >= 0.6 is 0 Å². The molecule has 0 aromatic heterocycles. The molecule has 122 valence electrons. The number of rotatable bonds is 11. The van der Waals surface area contributed by atoms with Crippen LogP contribution < -0.4 is 5.32 Å². The number of hydrogen-bond donors (Lipinski definition) is 7. The molecule has 0 aliphatic heterocycles. The number of hydrogen-bond acceptors (Lipinski definition) is 9. The molecule has 0 spiro atoms. The number of aliphatic carboxylic acids is 1. The van der Waals surface area contributed by atoms with Gasteiger partial charge in [-0.2, -0.15) is 0 Å². The molecule has 5 atom stereocenters. The second kappa shape index (κ2) is 9.50. The first-order valence-corrected chi connectivity index (χ1v) is 5.93. The van der Waals surface area contributed by atoms with Crippen LogP contribution in [0.3, 0.4) is 0 Å². The van der Waals surface area contributed by atoms with E-state index in [9.17, 15) is 34.8 Å². The Morgan fingerprint density at radius 1 is 1.14 bits per heavy atom. The maximum atomic E-state index is 11.1. The van der Waals surface area contributed by atoms with Crippen molar-refractivity contribution >= 4 is 18.0 Å². The maximum absolute atomic E-state index is 11.1. The smallest absolute Gasteiger partial charge is 0.372 e. The van der Waals surface area contributed by atoms with E-state index < -0.39 is 68.0 Å². The van der Waals surface area contributed by atoms with E-state index in [1.54, 1.807) is 0 Å². The number of carbonyl (C=O) groups is 3. The Labute approximate surface area is 121 Å². The first-order chi connectivity index (χ1) is 10.1. The number of carboxylic acid groups (broad SMARTS) is 1. The third kappa shape index (κ3) is 6.25. The van der Waals surface area contributed by atoms with Gasteiger partial charge >= 0.3 is 5.97 Å². The van der Waals surface area contributed by atoms with Crippen molar-refractivity contribution in [2.45, 2.75) is 36.9 Å². The molecule has 10 nitrogen and oxygen atoms in total. The van der Waals surface area contributed by atoms with Crippen LogP contribution in [-0.4, -0.2) is 92.3 Å². The third-order valence-electron chi connectivity index (χ3n) is 2.76. The van der Waals surface area contributed by atoms with Gasteiger partial charge in [0.05, 0.1) is 25.3 Å². The molecule has 0 saturated carbocycles. The highest BCUT2D eigenvalue weighted by atomic mass is 16.4. The molecule has 21 heavy (non-hydrogen) atoms. The van der Waals surface area contributed by atoms with Crippen molar-refractivity contribution in [1.82, 2.24) is 5.32 Å². The predicted molar refractivity (Wildman–Crippen MR) is 66.2 cm³/mol. The van der Waals surface area contributed by atoms with Gasteiger partial charge in [-0.3, -0.25) is 4.79 Å². The van der Waals surface area contributed by atoms with E-state index in [0.29, 0.717) is 0 Å². The zero-order valence-electron chi connectivity index (χ0n) is 11.9. The molecular weight excluding hydrogens is 290 g/mol. The van der Waals surface area contributed by atoms with Crippen molar-refractivity contribution < 1.29 is 46.4 Å². The van der Waals surface area contributed by atoms with E-state index in [1.165, 1.54) is 0 Å². The van der Waals surface area contributed by atoms with Crippen LogP contribution in [0, 0.1) is 0 Å². The van der Waals surface area contributed by atoms with Crippen molar-refractivity contribution in [2.24, 2.45) is 0 Å². The predicted octanol–water partition coefficient (Wildman–Crippen LogP) is -4.38. The fourth-order valence-electron chi connectivity index (χ4n) is 1.60. The van der Waals surface area contributed by atoms with Crippen LogP contribution in [0.5, 0.6) is 0 Å². The van der Waals surface area contributed by atoms with Crippen molar-refractivity contribution in [3.8, 4) is 0 Å². The number of aldehydes is 1. The summed E-state index contributed by atoms with van der Waals surface area (Å²) in [5.74, 6) is -3.19. The maximum Gasteiger partial charge on any atom is 0.372 e.